The van der Waals surface area contributed by atoms with Crippen LogP contribution >= 0.6 is 11.6 Å². The summed E-state index contributed by atoms with van der Waals surface area (Å²) in [4.78, 5) is 0. The van der Waals surface area contributed by atoms with Crippen molar-refractivity contribution in [2.75, 3.05) is 0 Å². The van der Waals surface area contributed by atoms with E-state index in [0.717, 1.165) is 6.07 Å². The summed E-state index contributed by atoms with van der Waals surface area (Å²) in [5.74, 6) is -0.0728. The van der Waals surface area contributed by atoms with Gasteiger partial charge >= 0.3 is 0 Å². The Morgan fingerprint density at radius 2 is 2.00 bits per heavy atom. The maximum Gasteiger partial charge on any atom is 0.167 e. The molecule has 0 aliphatic carbocycles. The first-order valence-electron chi connectivity index (χ1n) is 4.82. The Morgan fingerprint density at radius 3 is 2.65 bits per heavy atom. The van der Waals surface area contributed by atoms with Gasteiger partial charge in [0.25, 0.3) is 0 Å². The lowest BCUT2D eigenvalue weighted by atomic mass is 10.2. The molecule has 0 N–H and O–H groups in total. The zero-order valence-corrected chi connectivity index (χ0v) is 9.41. The summed E-state index contributed by atoms with van der Waals surface area (Å²) in [5.41, 5.74) is 0.251. The fraction of sp³-hybridized carbons (Fsp3) is 0. The normalized spacial score (nSPS) is 9.71. The Balaban J connectivity index is 2.28. The third kappa shape index (κ3) is 2.74. The van der Waals surface area contributed by atoms with Crippen LogP contribution in [0.3, 0.4) is 0 Å². The summed E-state index contributed by atoms with van der Waals surface area (Å²) in [7, 11) is 0. The molecule has 0 saturated heterocycles. The predicted octanol–water partition coefficient (Wildman–Crippen LogP) is 4.14. The summed E-state index contributed by atoms with van der Waals surface area (Å²) >= 11 is 5.78. The maximum absolute atomic E-state index is 13.5. The van der Waals surface area contributed by atoms with Crippen LogP contribution in [0.15, 0.2) is 42.5 Å². The van der Waals surface area contributed by atoms with Gasteiger partial charge in [-0.2, -0.15) is 5.26 Å². The average Bonchev–Trinajstić information content (AvgIpc) is 2.32. The van der Waals surface area contributed by atoms with Crippen molar-refractivity contribution in [3.05, 3.63) is 58.9 Å². The van der Waals surface area contributed by atoms with Crippen LogP contribution < -0.4 is 4.74 Å². The van der Waals surface area contributed by atoms with Gasteiger partial charge in [0.1, 0.15) is 5.75 Å². The smallest absolute Gasteiger partial charge is 0.167 e. The Kier molecular flexibility index (Phi) is 3.27. The third-order valence-corrected chi connectivity index (χ3v) is 2.32. The highest BCUT2D eigenvalue weighted by Gasteiger charge is 2.06. The lowest BCUT2D eigenvalue weighted by Crippen LogP contribution is -1.89. The van der Waals surface area contributed by atoms with E-state index in [-0.39, 0.29) is 11.3 Å². The van der Waals surface area contributed by atoms with E-state index < -0.39 is 5.82 Å². The number of benzene rings is 2. The van der Waals surface area contributed by atoms with Crippen molar-refractivity contribution in [3.8, 4) is 17.6 Å². The quantitative estimate of drug-likeness (QED) is 0.799. The summed E-state index contributed by atoms with van der Waals surface area (Å²) < 4.78 is 18.8. The summed E-state index contributed by atoms with van der Waals surface area (Å²) in [6.45, 7) is 0. The van der Waals surface area contributed by atoms with Gasteiger partial charge in [0.2, 0.25) is 0 Å². The molecule has 0 amide bonds. The molecule has 2 aromatic carbocycles. The highest BCUT2D eigenvalue weighted by atomic mass is 35.5. The van der Waals surface area contributed by atoms with Crippen LogP contribution in [0.2, 0.25) is 5.02 Å². The standard InChI is InChI=1S/C13H7ClFNO/c14-10-2-1-3-11(7-10)17-13-5-4-9(8-16)6-12(13)15/h1-7H. The number of nitrogens with zero attached hydrogens (tertiary/aromatic N) is 1. The first kappa shape index (κ1) is 11.4. The molecule has 17 heavy (non-hydrogen) atoms. The van der Waals surface area contributed by atoms with E-state index in [1.165, 1.54) is 12.1 Å². The molecule has 2 nitrogen and oxygen atoms in total. The fourth-order valence-electron chi connectivity index (χ4n) is 1.31. The first-order chi connectivity index (χ1) is 8.19. The third-order valence-electron chi connectivity index (χ3n) is 2.08. The number of ether oxygens (including phenoxy) is 1. The molecule has 0 heterocycles. The van der Waals surface area contributed by atoms with E-state index >= 15 is 0 Å². The molecule has 0 bridgehead atoms. The van der Waals surface area contributed by atoms with Crippen molar-refractivity contribution in [3.63, 3.8) is 0 Å². The molecular weight excluding hydrogens is 241 g/mol. The van der Waals surface area contributed by atoms with Gasteiger partial charge in [0, 0.05) is 5.02 Å². The molecule has 0 unspecified atom stereocenters. The molecule has 0 saturated carbocycles. The van der Waals surface area contributed by atoms with Crippen molar-refractivity contribution < 1.29 is 9.13 Å². The number of halogens is 2. The minimum absolute atomic E-state index is 0.0614. The van der Waals surface area contributed by atoms with Crippen molar-refractivity contribution >= 4 is 11.6 Å². The monoisotopic (exact) mass is 247 g/mol. The van der Waals surface area contributed by atoms with Crippen molar-refractivity contribution in [1.82, 2.24) is 0 Å². The lowest BCUT2D eigenvalue weighted by molar-refractivity contribution is 0.442. The molecule has 2 aromatic rings. The molecule has 4 heteroatoms. The van der Waals surface area contributed by atoms with Crippen molar-refractivity contribution in [1.29, 1.82) is 5.26 Å². The van der Waals surface area contributed by atoms with Crippen LogP contribution in [0.25, 0.3) is 0 Å². The van der Waals surface area contributed by atoms with Gasteiger partial charge in [-0.3, -0.25) is 0 Å². The van der Waals surface area contributed by atoms with Gasteiger partial charge in [-0.05, 0) is 36.4 Å². The van der Waals surface area contributed by atoms with E-state index in [9.17, 15) is 4.39 Å². The minimum Gasteiger partial charge on any atom is -0.454 e. The predicted molar refractivity (Wildman–Crippen MR) is 62.6 cm³/mol. The molecule has 0 radical (unpaired) electrons. The van der Waals surface area contributed by atoms with Gasteiger partial charge in [-0.15, -0.1) is 0 Å². The van der Waals surface area contributed by atoms with Crippen molar-refractivity contribution in [2.45, 2.75) is 0 Å². The zero-order chi connectivity index (χ0) is 12.3. The molecule has 0 fully saturated rings. The molecule has 0 atom stereocenters. The van der Waals surface area contributed by atoms with Gasteiger partial charge in [-0.1, -0.05) is 17.7 Å². The van der Waals surface area contributed by atoms with Gasteiger partial charge < -0.3 is 4.74 Å². The Labute approximate surface area is 103 Å². The largest absolute Gasteiger partial charge is 0.454 e. The van der Waals surface area contributed by atoms with Crippen LogP contribution in [0.1, 0.15) is 5.56 Å². The minimum atomic E-state index is -0.580. The highest BCUT2D eigenvalue weighted by Crippen LogP contribution is 2.26. The van der Waals surface area contributed by atoms with Crippen LogP contribution in [0.4, 0.5) is 4.39 Å². The molecule has 84 valence electrons. The van der Waals surface area contributed by atoms with Gasteiger partial charge in [0.05, 0.1) is 11.6 Å². The highest BCUT2D eigenvalue weighted by molar-refractivity contribution is 6.30. The number of hydrogen-bond donors (Lipinski definition) is 0. The van der Waals surface area contributed by atoms with E-state index in [0.29, 0.717) is 10.8 Å². The van der Waals surface area contributed by atoms with Crippen LogP contribution in [0.5, 0.6) is 11.5 Å². The summed E-state index contributed by atoms with van der Waals surface area (Å²) in [5, 5.41) is 9.11. The van der Waals surface area contributed by atoms with Gasteiger partial charge in [-0.25, -0.2) is 4.39 Å². The van der Waals surface area contributed by atoms with Crippen molar-refractivity contribution in [2.24, 2.45) is 0 Å². The van der Waals surface area contributed by atoms with E-state index in [2.05, 4.69) is 0 Å². The average molecular weight is 248 g/mol. The van der Waals surface area contributed by atoms with Crippen LogP contribution in [-0.2, 0) is 0 Å². The number of hydrogen-bond acceptors (Lipinski definition) is 2. The van der Waals surface area contributed by atoms with Crippen LogP contribution in [-0.4, -0.2) is 0 Å². The van der Waals surface area contributed by atoms with E-state index in [1.54, 1.807) is 24.3 Å². The Morgan fingerprint density at radius 1 is 1.18 bits per heavy atom. The summed E-state index contributed by atoms with van der Waals surface area (Å²) in [6, 6.07) is 12.5. The molecule has 0 spiro atoms. The zero-order valence-electron chi connectivity index (χ0n) is 8.65. The number of rotatable bonds is 2. The molecule has 0 aromatic heterocycles. The lowest BCUT2D eigenvalue weighted by Gasteiger charge is -2.06. The number of nitriles is 1. The Hall–Kier alpha value is -2.05. The molecule has 0 aliphatic rings. The van der Waals surface area contributed by atoms with E-state index in [1.807, 2.05) is 6.07 Å². The first-order valence-corrected chi connectivity index (χ1v) is 5.20. The molecular formula is C13H7ClFNO. The SMILES string of the molecule is N#Cc1ccc(Oc2cccc(Cl)c2)c(F)c1. The summed E-state index contributed by atoms with van der Waals surface area (Å²) in [6.07, 6.45) is 0. The van der Waals surface area contributed by atoms with E-state index in [4.69, 9.17) is 21.6 Å². The molecule has 2 rings (SSSR count). The topological polar surface area (TPSA) is 33.0 Å². The Bertz CT molecular complexity index is 592. The second-order valence-corrected chi connectivity index (χ2v) is 3.75. The second-order valence-electron chi connectivity index (χ2n) is 3.32. The fourth-order valence-corrected chi connectivity index (χ4v) is 1.49. The van der Waals surface area contributed by atoms with Gasteiger partial charge in [0.15, 0.2) is 11.6 Å². The second kappa shape index (κ2) is 4.86. The molecule has 0 aliphatic heterocycles. The van der Waals surface area contributed by atoms with Crippen LogP contribution in [0, 0.1) is 17.1 Å². The maximum atomic E-state index is 13.5.